The van der Waals surface area contributed by atoms with Crippen molar-refractivity contribution in [3.63, 3.8) is 0 Å². The van der Waals surface area contributed by atoms with Crippen LogP contribution in [0.3, 0.4) is 0 Å². The van der Waals surface area contributed by atoms with Crippen LogP contribution in [0.1, 0.15) is 5.56 Å². The van der Waals surface area contributed by atoms with E-state index < -0.39 is 49.9 Å². The van der Waals surface area contributed by atoms with E-state index in [1.54, 1.807) is 0 Å². The Morgan fingerprint density at radius 1 is 1.22 bits per heavy atom. The van der Waals surface area contributed by atoms with Gasteiger partial charge in [-0.2, -0.15) is 0 Å². The maximum absolute atomic E-state index is 12.3. The molecule has 1 amide bonds. The summed E-state index contributed by atoms with van der Waals surface area (Å²) in [6.07, 6.45) is -0.322. The molecule has 15 heteroatoms. The Morgan fingerprint density at radius 3 is 2.26 bits per heavy atom. The van der Waals surface area contributed by atoms with E-state index in [4.69, 9.17) is 27.9 Å². The van der Waals surface area contributed by atoms with Crippen LogP contribution in [0.5, 0.6) is 0 Å². The number of halogens is 2. The first-order valence-corrected chi connectivity index (χ1v) is 11.5. The fourth-order valence-electron chi connectivity index (χ4n) is 1.90. The lowest BCUT2D eigenvalue weighted by Crippen LogP contribution is -2.52. The van der Waals surface area contributed by atoms with Gasteiger partial charge in [0.05, 0.1) is 23.0 Å². The molecule has 0 aromatic heterocycles. The number of carbonyl (C=O) groups excluding carboxylic acids is 1. The van der Waals surface area contributed by atoms with Gasteiger partial charge < -0.3 is 4.74 Å². The van der Waals surface area contributed by atoms with Crippen LogP contribution in [-0.4, -0.2) is 61.6 Å². The van der Waals surface area contributed by atoms with Crippen LogP contribution < -0.4 is 0 Å². The molecule has 0 aliphatic heterocycles. The molecule has 11 nitrogen and oxygen atoms in total. The van der Waals surface area contributed by atoms with Gasteiger partial charge in [0, 0.05) is 23.5 Å². The molecule has 0 fully saturated rings. The number of ether oxygens (including phenoxy) is 1. The number of nitro groups is 1. The summed E-state index contributed by atoms with van der Waals surface area (Å²) >= 11 is 11.2. The monoisotopic (exact) mass is 463 g/mol. The average Bonchev–Trinajstić information content (AvgIpc) is 2.50. The van der Waals surface area contributed by atoms with Crippen molar-refractivity contribution in [2.24, 2.45) is 0 Å². The Morgan fingerprint density at radius 2 is 1.81 bits per heavy atom. The van der Waals surface area contributed by atoms with Crippen molar-refractivity contribution in [3.8, 4) is 0 Å². The molecule has 1 aromatic carbocycles. The topological polar surface area (TPSA) is 144 Å². The van der Waals surface area contributed by atoms with Gasteiger partial charge >= 0.3 is 6.09 Å². The predicted molar refractivity (Wildman–Crippen MR) is 97.2 cm³/mol. The lowest BCUT2D eigenvalue weighted by atomic mass is 10.2. The van der Waals surface area contributed by atoms with Gasteiger partial charge in [-0.3, -0.25) is 10.1 Å². The minimum atomic E-state index is -4.42. The van der Waals surface area contributed by atoms with Crippen LogP contribution in [0.25, 0.3) is 0 Å². The van der Waals surface area contributed by atoms with Gasteiger partial charge in [0.15, 0.2) is 0 Å². The van der Waals surface area contributed by atoms with Crippen molar-refractivity contribution in [1.82, 2.24) is 8.83 Å². The fourth-order valence-corrected chi connectivity index (χ4v) is 4.57. The van der Waals surface area contributed by atoms with Crippen LogP contribution in [0, 0.1) is 10.1 Å². The van der Waals surface area contributed by atoms with Crippen LogP contribution in [-0.2, 0) is 31.4 Å². The maximum Gasteiger partial charge on any atom is 0.440 e. The highest BCUT2D eigenvalue weighted by molar-refractivity contribution is 7.91. The molecule has 0 N–H and O–H groups in total. The first-order valence-electron chi connectivity index (χ1n) is 6.92. The van der Waals surface area contributed by atoms with E-state index in [0.29, 0.717) is 12.5 Å². The molecule has 0 heterocycles. The molecule has 27 heavy (non-hydrogen) atoms. The first-order chi connectivity index (χ1) is 12.3. The molecule has 1 rings (SSSR count). The van der Waals surface area contributed by atoms with Crippen molar-refractivity contribution in [3.05, 3.63) is 38.9 Å². The summed E-state index contributed by atoms with van der Waals surface area (Å²) in [6.45, 7) is -1.25. The number of nitro benzene ring substituents is 1. The zero-order chi connectivity index (χ0) is 21.0. The largest absolute Gasteiger partial charge is 0.443 e. The summed E-state index contributed by atoms with van der Waals surface area (Å²) in [5.74, 6) is -0.313. The van der Waals surface area contributed by atoms with Crippen molar-refractivity contribution < 1.29 is 31.3 Å². The number of alkyl halides is 1. The summed E-state index contributed by atoms with van der Waals surface area (Å²) in [5.41, 5.74) is -0.531. The van der Waals surface area contributed by atoms with E-state index in [-0.39, 0.29) is 25.3 Å². The number of hydrazine groups is 1. The van der Waals surface area contributed by atoms with Gasteiger partial charge in [-0.05, 0) is 12.1 Å². The standard InChI is InChI=1S/C12H15Cl2N3O8S2/c1-26(21,22)15(6-5-13)16(27(2,23)24)12(18)25-8-9-7-10(14)3-4-11(9)17(19)20/h3-4,7H,5-6,8H2,1-2H3. The summed E-state index contributed by atoms with van der Waals surface area (Å²) in [7, 11) is -8.62. The van der Waals surface area contributed by atoms with E-state index in [9.17, 15) is 31.7 Å². The molecule has 0 radical (unpaired) electrons. The smallest absolute Gasteiger partial charge is 0.440 e. The van der Waals surface area contributed by atoms with Crippen LogP contribution >= 0.6 is 23.2 Å². The quantitative estimate of drug-likeness (QED) is 0.320. The minimum Gasteiger partial charge on any atom is -0.443 e. The Labute approximate surface area is 165 Å². The average molecular weight is 464 g/mol. The molecule has 0 saturated carbocycles. The second kappa shape index (κ2) is 9.01. The van der Waals surface area contributed by atoms with Crippen molar-refractivity contribution in [2.45, 2.75) is 6.61 Å². The van der Waals surface area contributed by atoms with Gasteiger partial charge in [-0.25, -0.2) is 21.6 Å². The molecule has 0 bridgehead atoms. The number of sulfonamides is 2. The normalized spacial score (nSPS) is 12.0. The van der Waals surface area contributed by atoms with Gasteiger partial charge in [-0.1, -0.05) is 16.0 Å². The Kier molecular flexibility index (Phi) is 7.80. The molecule has 0 aliphatic carbocycles. The molecular weight excluding hydrogens is 449 g/mol. The number of nitrogens with zero attached hydrogens (tertiary/aromatic N) is 3. The van der Waals surface area contributed by atoms with E-state index in [1.807, 2.05) is 0 Å². The second-order valence-electron chi connectivity index (χ2n) is 5.09. The third-order valence-corrected chi connectivity index (χ3v) is 5.51. The molecule has 0 saturated heterocycles. The van der Waals surface area contributed by atoms with Gasteiger partial charge in [0.25, 0.3) is 15.7 Å². The first kappa shape index (κ1) is 23.4. The molecule has 0 spiro atoms. The van der Waals surface area contributed by atoms with Crippen LogP contribution in [0.15, 0.2) is 18.2 Å². The predicted octanol–water partition coefficient (Wildman–Crippen LogP) is 1.56. The maximum atomic E-state index is 12.3. The molecule has 152 valence electrons. The van der Waals surface area contributed by atoms with Gasteiger partial charge in [-0.15, -0.1) is 16.0 Å². The van der Waals surface area contributed by atoms with Crippen LogP contribution in [0.4, 0.5) is 10.5 Å². The van der Waals surface area contributed by atoms with E-state index in [0.717, 1.165) is 12.1 Å². The highest BCUT2D eigenvalue weighted by atomic mass is 35.5. The van der Waals surface area contributed by atoms with Crippen LogP contribution in [0.2, 0.25) is 5.02 Å². The highest BCUT2D eigenvalue weighted by Gasteiger charge is 2.37. The van der Waals surface area contributed by atoms with E-state index >= 15 is 0 Å². The zero-order valence-corrected chi connectivity index (χ0v) is 17.2. The number of rotatable bonds is 8. The summed E-state index contributed by atoms with van der Waals surface area (Å²) in [6, 6.07) is 3.49. The number of hydrogen-bond acceptors (Lipinski definition) is 8. The van der Waals surface area contributed by atoms with E-state index in [1.165, 1.54) is 6.07 Å². The van der Waals surface area contributed by atoms with Gasteiger partial charge in [0.1, 0.15) is 6.61 Å². The lowest BCUT2D eigenvalue weighted by molar-refractivity contribution is -0.385. The Bertz CT molecular complexity index is 936. The van der Waals surface area contributed by atoms with Crippen molar-refractivity contribution in [2.75, 3.05) is 24.9 Å². The van der Waals surface area contributed by atoms with Crippen molar-refractivity contribution in [1.29, 1.82) is 0 Å². The molecule has 1 aromatic rings. The number of carbonyl (C=O) groups is 1. The molecular formula is C12H15Cl2N3O8S2. The third-order valence-electron chi connectivity index (χ3n) is 2.92. The van der Waals surface area contributed by atoms with Gasteiger partial charge in [0.2, 0.25) is 10.0 Å². The number of benzene rings is 1. The summed E-state index contributed by atoms with van der Waals surface area (Å²) < 4.78 is 52.4. The van der Waals surface area contributed by atoms with Crippen molar-refractivity contribution >= 4 is 55.0 Å². The van der Waals surface area contributed by atoms with E-state index in [2.05, 4.69) is 0 Å². The molecule has 0 unspecified atom stereocenters. The Hall–Kier alpha value is -1.67. The SMILES string of the molecule is CS(=O)(=O)N(CCCl)N(C(=O)OCc1cc(Cl)ccc1[N+](=O)[O-])S(C)(=O)=O. The molecule has 0 aliphatic rings. The fraction of sp³-hybridized carbons (Fsp3) is 0.417. The minimum absolute atomic E-state index is 0.110. The molecule has 0 atom stereocenters. The number of hydrogen-bond donors (Lipinski definition) is 0. The highest BCUT2D eigenvalue weighted by Crippen LogP contribution is 2.24. The zero-order valence-electron chi connectivity index (χ0n) is 14.0. The third kappa shape index (κ3) is 6.46. The Balaban J connectivity index is 3.20. The summed E-state index contributed by atoms with van der Waals surface area (Å²) in [5, 5.41) is 11.1. The second-order valence-corrected chi connectivity index (χ2v) is 9.60. The number of amides is 1. The summed E-state index contributed by atoms with van der Waals surface area (Å²) in [4.78, 5) is 22.5. The lowest BCUT2D eigenvalue weighted by Gasteiger charge is -2.29.